The molecule has 2 heteroatoms. The molecule has 0 aliphatic carbocycles. The molecule has 0 radical (unpaired) electrons. The summed E-state index contributed by atoms with van der Waals surface area (Å²) >= 11 is 0. The molecule has 1 rings (SSSR count). The zero-order valence-corrected chi connectivity index (χ0v) is 9.17. The second-order valence-corrected chi connectivity index (χ2v) is 4.07. The van der Waals surface area contributed by atoms with Crippen LogP contribution in [-0.2, 0) is 4.74 Å². The molecule has 14 heavy (non-hydrogen) atoms. The van der Waals surface area contributed by atoms with Crippen LogP contribution in [0.4, 0.5) is 0 Å². The van der Waals surface area contributed by atoms with Gasteiger partial charge in [-0.2, -0.15) is 0 Å². The highest BCUT2D eigenvalue weighted by Gasteiger charge is 2.18. The van der Waals surface area contributed by atoms with Gasteiger partial charge in [0.15, 0.2) is 0 Å². The standard InChI is InChI=1S/C12H21NO/c1-3-4-5-8-13-9-6-7-12(10-13)11-14-2/h1,12H,4-11H2,2H3. The predicted octanol–water partition coefficient (Wildman–Crippen LogP) is 1.76. The number of ether oxygens (including phenoxy) is 1. The molecule has 1 unspecified atom stereocenters. The maximum absolute atomic E-state index is 5.23. The number of nitrogens with zero attached hydrogens (tertiary/aromatic N) is 1. The number of hydrogen-bond donors (Lipinski definition) is 0. The van der Waals surface area contributed by atoms with Crippen LogP contribution in [0.5, 0.6) is 0 Å². The summed E-state index contributed by atoms with van der Waals surface area (Å²) in [5.41, 5.74) is 0. The van der Waals surface area contributed by atoms with E-state index in [0.29, 0.717) is 0 Å². The zero-order valence-electron chi connectivity index (χ0n) is 9.17. The quantitative estimate of drug-likeness (QED) is 0.489. The van der Waals surface area contributed by atoms with Gasteiger partial charge in [-0.15, -0.1) is 12.3 Å². The van der Waals surface area contributed by atoms with E-state index >= 15 is 0 Å². The van der Waals surface area contributed by atoms with Crippen molar-refractivity contribution in [2.45, 2.75) is 25.7 Å². The SMILES string of the molecule is C#CCCCN1CCCC(COC)C1. The van der Waals surface area contributed by atoms with Gasteiger partial charge in [-0.1, -0.05) is 0 Å². The first-order valence-corrected chi connectivity index (χ1v) is 5.51. The highest BCUT2D eigenvalue weighted by atomic mass is 16.5. The topological polar surface area (TPSA) is 12.5 Å². The van der Waals surface area contributed by atoms with Crippen LogP contribution in [0.1, 0.15) is 25.7 Å². The van der Waals surface area contributed by atoms with Crippen LogP contribution < -0.4 is 0 Å². The molecule has 1 fully saturated rings. The molecular formula is C12H21NO. The maximum Gasteiger partial charge on any atom is 0.0502 e. The van der Waals surface area contributed by atoms with Crippen molar-refractivity contribution in [3.8, 4) is 12.3 Å². The summed E-state index contributed by atoms with van der Waals surface area (Å²) < 4.78 is 5.20. The second-order valence-electron chi connectivity index (χ2n) is 4.07. The summed E-state index contributed by atoms with van der Waals surface area (Å²) in [5, 5.41) is 0. The number of rotatable bonds is 5. The Morgan fingerprint density at radius 2 is 2.43 bits per heavy atom. The Bertz CT molecular complexity index is 183. The molecule has 0 amide bonds. The third kappa shape index (κ3) is 4.13. The Morgan fingerprint density at radius 1 is 1.57 bits per heavy atom. The van der Waals surface area contributed by atoms with Gasteiger partial charge in [-0.3, -0.25) is 0 Å². The van der Waals surface area contributed by atoms with Crippen molar-refractivity contribution in [3.63, 3.8) is 0 Å². The van der Waals surface area contributed by atoms with Crippen LogP contribution in [0.2, 0.25) is 0 Å². The lowest BCUT2D eigenvalue weighted by Gasteiger charge is -2.32. The van der Waals surface area contributed by atoms with E-state index in [4.69, 9.17) is 11.2 Å². The molecule has 0 aromatic rings. The molecule has 0 N–H and O–H groups in total. The van der Waals surface area contributed by atoms with E-state index in [1.807, 2.05) is 0 Å². The van der Waals surface area contributed by atoms with Gasteiger partial charge >= 0.3 is 0 Å². The maximum atomic E-state index is 5.23. The van der Waals surface area contributed by atoms with Crippen molar-refractivity contribution in [1.29, 1.82) is 0 Å². The van der Waals surface area contributed by atoms with Crippen LogP contribution in [0.25, 0.3) is 0 Å². The molecule has 1 atom stereocenters. The summed E-state index contributed by atoms with van der Waals surface area (Å²) in [4.78, 5) is 2.52. The van der Waals surface area contributed by atoms with E-state index in [1.54, 1.807) is 7.11 Å². The molecule has 1 saturated heterocycles. The Hall–Kier alpha value is -0.520. The van der Waals surface area contributed by atoms with Crippen molar-refractivity contribution in [1.82, 2.24) is 4.90 Å². The van der Waals surface area contributed by atoms with Gasteiger partial charge in [0.05, 0.1) is 6.61 Å². The van der Waals surface area contributed by atoms with E-state index in [2.05, 4.69) is 10.8 Å². The Balaban J connectivity index is 2.16. The third-order valence-corrected chi connectivity index (χ3v) is 2.80. The van der Waals surface area contributed by atoms with Crippen molar-refractivity contribution in [2.24, 2.45) is 5.92 Å². The molecule has 0 aromatic heterocycles. The number of hydrogen-bond acceptors (Lipinski definition) is 2. The van der Waals surface area contributed by atoms with E-state index < -0.39 is 0 Å². The Kier molecular flexibility index (Phi) is 5.66. The fourth-order valence-electron chi connectivity index (χ4n) is 2.13. The fraction of sp³-hybridized carbons (Fsp3) is 0.833. The number of likely N-dealkylation sites (tertiary alicyclic amines) is 1. The molecule has 0 saturated carbocycles. The van der Waals surface area contributed by atoms with Crippen LogP contribution in [-0.4, -0.2) is 38.3 Å². The number of methoxy groups -OCH3 is 1. The van der Waals surface area contributed by atoms with E-state index in [1.165, 1.54) is 25.9 Å². The normalized spacial score (nSPS) is 23.3. The minimum Gasteiger partial charge on any atom is -0.384 e. The Labute approximate surface area is 87.6 Å². The molecule has 0 aromatic carbocycles. The lowest BCUT2D eigenvalue weighted by Crippen LogP contribution is -2.37. The first-order chi connectivity index (χ1) is 6.86. The van der Waals surface area contributed by atoms with Gasteiger partial charge in [0, 0.05) is 20.1 Å². The molecule has 0 bridgehead atoms. The predicted molar refractivity (Wildman–Crippen MR) is 59.1 cm³/mol. The molecule has 1 aliphatic heterocycles. The summed E-state index contributed by atoms with van der Waals surface area (Å²) in [5.74, 6) is 3.43. The van der Waals surface area contributed by atoms with Crippen molar-refractivity contribution >= 4 is 0 Å². The molecule has 1 heterocycles. The van der Waals surface area contributed by atoms with E-state index in [9.17, 15) is 0 Å². The fourth-order valence-corrected chi connectivity index (χ4v) is 2.13. The summed E-state index contributed by atoms with van der Waals surface area (Å²) in [6.07, 6.45) is 9.90. The molecule has 80 valence electrons. The monoisotopic (exact) mass is 195 g/mol. The van der Waals surface area contributed by atoms with Crippen LogP contribution in [0.15, 0.2) is 0 Å². The van der Waals surface area contributed by atoms with Gasteiger partial charge < -0.3 is 9.64 Å². The van der Waals surface area contributed by atoms with E-state index in [0.717, 1.165) is 31.9 Å². The van der Waals surface area contributed by atoms with Crippen LogP contribution >= 0.6 is 0 Å². The Morgan fingerprint density at radius 3 is 3.14 bits per heavy atom. The highest BCUT2D eigenvalue weighted by molar-refractivity contribution is 4.84. The number of unbranched alkanes of at least 4 members (excludes halogenated alkanes) is 1. The van der Waals surface area contributed by atoms with Gasteiger partial charge in [0.1, 0.15) is 0 Å². The molecule has 0 spiro atoms. The smallest absolute Gasteiger partial charge is 0.0502 e. The van der Waals surface area contributed by atoms with Crippen molar-refractivity contribution in [3.05, 3.63) is 0 Å². The summed E-state index contributed by atoms with van der Waals surface area (Å²) in [7, 11) is 1.79. The summed E-state index contributed by atoms with van der Waals surface area (Å²) in [6, 6.07) is 0. The lowest BCUT2D eigenvalue weighted by molar-refractivity contribution is 0.0903. The average molecular weight is 195 g/mol. The summed E-state index contributed by atoms with van der Waals surface area (Å²) in [6.45, 7) is 4.50. The van der Waals surface area contributed by atoms with Gasteiger partial charge in [0.25, 0.3) is 0 Å². The van der Waals surface area contributed by atoms with Crippen molar-refractivity contribution < 1.29 is 4.74 Å². The first-order valence-electron chi connectivity index (χ1n) is 5.51. The first kappa shape index (κ1) is 11.6. The lowest BCUT2D eigenvalue weighted by atomic mass is 9.99. The molecule has 1 aliphatic rings. The highest BCUT2D eigenvalue weighted by Crippen LogP contribution is 2.16. The van der Waals surface area contributed by atoms with Gasteiger partial charge in [-0.25, -0.2) is 0 Å². The van der Waals surface area contributed by atoms with Crippen LogP contribution in [0.3, 0.4) is 0 Å². The average Bonchev–Trinajstić information content (AvgIpc) is 2.19. The second kappa shape index (κ2) is 6.86. The number of terminal acetylenes is 1. The molecular weight excluding hydrogens is 174 g/mol. The van der Waals surface area contributed by atoms with Gasteiger partial charge in [-0.05, 0) is 38.3 Å². The van der Waals surface area contributed by atoms with Crippen LogP contribution in [0, 0.1) is 18.3 Å². The third-order valence-electron chi connectivity index (χ3n) is 2.80. The number of piperidine rings is 1. The minimum atomic E-state index is 0.736. The van der Waals surface area contributed by atoms with E-state index in [-0.39, 0.29) is 0 Å². The van der Waals surface area contributed by atoms with Gasteiger partial charge in [0.2, 0.25) is 0 Å². The molecule has 2 nitrogen and oxygen atoms in total. The largest absolute Gasteiger partial charge is 0.384 e. The zero-order chi connectivity index (χ0) is 10.2. The van der Waals surface area contributed by atoms with Crippen molar-refractivity contribution in [2.75, 3.05) is 33.4 Å². The minimum absolute atomic E-state index is 0.736.